The largest absolute Gasteiger partial charge is 0.493 e. The summed E-state index contributed by atoms with van der Waals surface area (Å²) < 4.78 is 5.69. The smallest absolute Gasteiger partial charge is 0.355 e. The summed E-state index contributed by atoms with van der Waals surface area (Å²) in [5, 5.41) is 11.1. The Kier molecular flexibility index (Phi) is 4.74. The predicted molar refractivity (Wildman–Crippen MR) is 78.8 cm³/mol. The van der Waals surface area contributed by atoms with Gasteiger partial charge in [0.15, 0.2) is 5.69 Å². The number of hydrogen-bond acceptors (Lipinski definition) is 4. The molecule has 5 heteroatoms. The van der Waals surface area contributed by atoms with Crippen molar-refractivity contribution in [2.45, 2.75) is 26.2 Å². The second-order valence-electron chi connectivity index (χ2n) is 4.76. The molecule has 20 heavy (non-hydrogen) atoms. The maximum Gasteiger partial charge on any atom is 0.355 e. The fraction of sp³-hybridized carbons (Fsp3) is 0.333. The first-order chi connectivity index (χ1) is 9.56. The molecule has 0 saturated heterocycles. The molecule has 106 valence electrons. The van der Waals surface area contributed by atoms with Gasteiger partial charge in [-0.2, -0.15) is 0 Å². The maximum atomic E-state index is 10.7. The number of rotatable bonds is 6. The number of carboxylic acids is 1. The molecule has 0 aliphatic heterocycles. The topological polar surface area (TPSA) is 59.4 Å². The minimum Gasteiger partial charge on any atom is -0.493 e. The Bertz CT molecular complexity index is 592. The number of nitrogens with zero attached hydrogens (tertiary/aromatic N) is 1. The number of hydrogen-bond donors (Lipinski definition) is 1. The second kappa shape index (κ2) is 6.52. The molecule has 0 unspecified atom stereocenters. The van der Waals surface area contributed by atoms with Crippen LogP contribution in [0.25, 0.3) is 0 Å². The Morgan fingerprint density at radius 2 is 2.25 bits per heavy atom. The number of thiazole rings is 1. The summed E-state index contributed by atoms with van der Waals surface area (Å²) in [6.45, 7) is 4.78. The molecule has 1 aromatic carbocycles. The van der Waals surface area contributed by atoms with Gasteiger partial charge >= 0.3 is 5.97 Å². The summed E-state index contributed by atoms with van der Waals surface area (Å²) in [6, 6.07) is 8.03. The van der Waals surface area contributed by atoms with Crippen LogP contribution in [0.4, 0.5) is 0 Å². The van der Waals surface area contributed by atoms with Gasteiger partial charge < -0.3 is 9.84 Å². The average Bonchev–Trinajstić information content (AvgIpc) is 2.88. The van der Waals surface area contributed by atoms with Crippen molar-refractivity contribution in [2.24, 2.45) is 0 Å². The van der Waals surface area contributed by atoms with E-state index in [1.807, 2.05) is 18.2 Å². The number of carbonyl (C=O) groups is 1. The zero-order chi connectivity index (χ0) is 14.5. The summed E-state index contributed by atoms with van der Waals surface area (Å²) in [4.78, 5) is 14.7. The SMILES string of the molecule is CC(C)c1cccc(OCCc2nc(C(=O)O)cs2)c1. The third-order valence-corrected chi connectivity index (χ3v) is 3.79. The van der Waals surface area contributed by atoms with E-state index in [-0.39, 0.29) is 5.69 Å². The van der Waals surface area contributed by atoms with Crippen LogP contribution >= 0.6 is 11.3 Å². The first-order valence-corrected chi connectivity index (χ1v) is 7.34. The Morgan fingerprint density at radius 3 is 2.90 bits per heavy atom. The van der Waals surface area contributed by atoms with Crippen molar-refractivity contribution >= 4 is 17.3 Å². The van der Waals surface area contributed by atoms with Crippen molar-refractivity contribution in [1.82, 2.24) is 4.98 Å². The quantitative estimate of drug-likeness (QED) is 0.883. The van der Waals surface area contributed by atoms with Crippen LogP contribution in [-0.2, 0) is 6.42 Å². The van der Waals surface area contributed by atoms with E-state index in [0.717, 1.165) is 10.8 Å². The fourth-order valence-corrected chi connectivity index (χ4v) is 2.50. The van der Waals surface area contributed by atoms with Crippen molar-refractivity contribution < 1.29 is 14.6 Å². The first-order valence-electron chi connectivity index (χ1n) is 6.46. The van der Waals surface area contributed by atoms with Gasteiger partial charge in [-0.1, -0.05) is 26.0 Å². The van der Waals surface area contributed by atoms with E-state index >= 15 is 0 Å². The molecular weight excluding hydrogens is 274 g/mol. The van der Waals surface area contributed by atoms with E-state index in [2.05, 4.69) is 24.9 Å². The van der Waals surface area contributed by atoms with Crippen molar-refractivity contribution in [3.8, 4) is 5.75 Å². The van der Waals surface area contributed by atoms with Crippen LogP contribution in [0.5, 0.6) is 5.75 Å². The van der Waals surface area contributed by atoms with Crippen LogP contribution in [0.3, 0.4) is 0 Å². The van der Waals surface area contributed by atoms with Crippen molar-refractivity contribution in [3.05, 3.63) is 45.9 Å². The van der Waals surface area contributed by atoms with E-state index < -0.39 is 5.97 Å². The van der Waals surface area contributed by atoms with Crippen LogP contribution in [0, 0.1) is 0 Å². The standard InChI is InChI=1S/C15H17NO3S/c1-10(2)11-4-3-5-12(8-11)19-7-6-14-16-13(9-20-14)15(17)18/h3-5,8-10H,6-7H2,1-2H3,(H,17,18). The van der Waals surface area contributed by atoms with Crippen LogP contribution < -0.4 is 4.74 Å². The van der Waals surface area contributed by atoms with E-state index in [4.69, 9.17) is 9.84 Å². The van der Waals surface area contributed by atoms with Crippen molar-refractivity contribution in [2.75, 3.05) is 6.61 Å². The highest BCUT2D eigenvalue weighted by atomic mass is 32.1. The third-order valence-electron chi connectivity index (χ3n) is 2.88. The molecule has 0 radical (unpaired) electrons. The monoisotopic (exact) mass is 291 g/mol. The van der Waals surface area contributed by atoms with E-state index in [0.29, 0.717) is 18.9 Å². The van der Waals surface area contributed by atoms with Crippen molar-refractivity contribution in [3.63, 3.8) is 0 Å². The Morgan fingerprint density at radius 1 is 1.45 bits per heavy atom. The van der Waals surface area contributed by atoms with Crippen LogP contribution in [0.1, 0.15) is 40.8 Å². The van der Waals surface area contributed by atoms with Gasteiger partial charge in [0.25, 0.3) is 0 Å². The second-order valence-corrected chi connectivity index (χ2v) is 5.70. The van der Waals surface area contributed by atoms with E-state index in [1.54, 1.807) is 5.38 Å². The number of benzene rings is 1. The molecule has 0 spiro atoms. The Hall–Kier alpha value is -1.88. The zero-order valence-corrected chi connectivity index (χ0v) is 12.3. The molecule has 0 bridgehead atoms. The lowest BCUT2D eigenvalue weighted by Crippen LogP contribution is -2.03. The minimum atomic E-state index is -0.988. The lowest BCUT2D eigenvalue weighted by atomic mass is 10.0. The lowest BCUT2D eigenvalue weighted by Gasteiger charge is -2.09. The first kappa shape index (κ1) is 14.5. The molecule has 0 amide bonds. The molecule has 0 fully saturated rings. The molecule has 1 heterocycles. The molecule has 0 atom stereocenters. The molecule has 0 aliphatic rings. The normalized spacial score (nSPS) is 10.8. The molecule has 1 aromatic heterocycles. The predicted octanol–water partition coefficient (Wildman–Crippen LogP) is 3.59. The number of ether oxygens (including phenoxy) is 1. The summed E-state index contributed by atoms with van der Waals surface area (Å²) in [7, 11) is 0. The molecule has 0 aliphatic carbocycles. The Balaban J connectivity index is 1.89. The fourth-order valence-electron chi connectivity index (χ4n) is 1.74. The summed E-state index contributed by atoms with van der Waals surface area (Å²) >= 11 is 1.35. The van der Waals surface area contributed by atoms with Crippen molar-refractivity contribution in [1.29, 1.82) is 0 Å². The summed E-state index contributed by atoms with van der Waals surface area (Å²) in [6.07, 6.45) is 0.615. The van der Waals surface area contributed by atoms with Gasteiger partial charge in [0.2, 0.25) is 0 Å². The van der Waals surface area contributed by atoms with Gasteiger partial charge in [-0.15, -0.1) is 11.3 Å². The summed E-state index contributed by atoms with van der Waals surface area (Å²) in [5.74, 6) is 0.319. The highest BCUT2D eigenvalue weighted by Crippen LogP contribution is 2.20. The minimum absolute atomic E-state index is 0.104. The van der Waals surface area contributed by atoms with Crippen LogP contribution in [-0.4, -0.2) is 22.7 Å². The molecule has 1 N–H and O–H groups in total. The highest BCUT2D eigenvalue weighted by molar-refractivity contribution is 7.09. The van der Waals surface area contributed by atoms with Gasteiger partial charge in [0, 0.05) is 11.8 Å². The maximum absolute atomic E-state index is 10.7. The number of aromatic carboxylic acids is 1. The van der Waals surface area contributed by atoms with Crippen LogP contribution in [0.2, 0.25) is 0 Å². The Labute approximate surface area is 122 Å². The van der Waals surface area contributed by atoms with E-state index in [1.165, 1.54) is 16.9 Å². The van der Waals surface area contributed by atoms with Gasteiger partial charge in [-0.05, 0) is 23.6 Å². The van der Waals surface area contributed by atoms with E-state index in [9.17, 15) is 4.79 Å². The van der Waals surface area contributed by atoms with Gasteiger partial charge in [-0.3, -0.25) is 0 Å². The zero-order valence-electron chi connectivity index (χ0n) is 11.5. The number of aromatic nitrogens is 1. The molecule has 4 nitrogen and oxygen atoms in total. The molecule has 2 rings (SSSR count). The van der Waals surface area contributed by atoms with Gasteiger partial charge in [0.1, 0.15) is 5.75 Å². The lowest BCUT2D eigenvalue weighted by molar-refractivity contribution is 0.0691. The third kappa shape index (κ3) is 3.81. The number of carboxylic acid groups (broad SMARTS) is 1. The van der Waals surface area contributed by atoms with Gasteiger partial charge in [0.05, 0.1) is 11.6 Å². The highest BCUT2D eigenvalue weighted by Gasteiger charge is 2.08. The summed E-state index contributed by atoms with van der Waals surface area (Å²) in [5.41, 5.74) is 1.34. The van der Waals surface area contributed by atoms with Gasteiger partial charge in [-0.25, -0.2) is 9.78 Å². The molecule has 2 aromatic rings. The molecular formula is C15H17NO3S. The van der Waals surface area contributed by atoms with Crippen LogP contribution in [0.15, 0.2) is 29.6 Å². The molecule has 0 saturated carbocycles. The average molecular weight is 291 g/mol.